The topological polar surface area (TPSA) is 41.5 Å². The lowest BCUT2D eigenvalue weighted by molar-refractivity contribution is -0.861. The van der Waals surface area contributed by atoms with Crippen molar-refractivity contribution in [3.05, 3.63) is 12.2 Å². The molecule has 1 N–H and O–H groups in total. The fraction of sp³-hybridized carbons (Fsp3) is 0.810. The zero-order valence-corrected chi connectivity index (χ0v) is 17.0. The van der Waals surface area contributed by atoms with Gasteiger partial charge in [0.05, 0.1) is 13.1 Å². The van der Waals surface area contributed by atoms with Crippen LogP contribution < -0.4 is 5.32 Å². The molecule has 0 radical (unpaired) electrons. The number of quaternary nitrogens is 1. The molecule has 1 aliphatic heterocycles. The second-order valence-corrected chi connectivity index (χ2v) is 7.31. The van der Waals surface area contributed by atoms with Crippen LogP contribution in [0.25, 0.3) is 0 Å². The zero-order chi connectivity index (χ0) is 18.5. The Labute approximate surface area is 155 Å². The Hall–Kier alpha value is -1.16. The fourth-order valence-corrected chi connectivity index (χ4v) is 3.86. The van der Waals surface area contributed by atoms with E-state index in [1.807, 2.05) is 0 Å². The molecule has 1 heterocycles. The molecule has 2 unspecified atom stereocenters. The zero-order valence-electron chi connectivity index (χ0n) is 17.0. The highest BCUT2D eigenvalue weighted by Crippen LogP contribution is 2.22. The maximum atomic E-state index is 11.4. The summed E-state index contributed by atoms with van der Waals surface area (Å²) in [4.78, 5) is 16.2. The molecule has 0 saturated carbocycles. The number of likely N-dealkylation sites (N-methyl/N-ethyl adjacent to an activating group) is 1. The first-order chi connectivity index (χ1) is 12.1. The smallest absolute Gasteiger partial charge is 0.221 e. The lowest BCUT2D eigenvalue weighted by Crippen LogP contribution is -2.62. The van der Waals surface area contributed by atoms with Crippen molar-refractivity contribution in [2.24, 2.45) is 4.99 Å². The Morgan fingerprint density at radius 1 is 1.16 bits per heavy atom. The van der Waals surface area contributed by atoms with Gasteiger partial charge in [0.2, 0.25) is 5.91 Å². The summed E-state index contributed by atoms with van der Waals surface area (Å²) in [5, 5.41) is 3.08. The number of nitrogens with one attached hydrogen (secondary N) is 1. The first kappa shape index (κ1) is 21.9. The largest absolute Gasteiger partial charge is 0.307 e. The Bertz CT molecular complexity index is 444. The number of hydrogen-bond donors (Lipinski definition) is 1. The van der Waals surface area contributed by atoms with Crippen LogP contribution in [-0.4, -0.2) is 42.0 Å². The summed E-state index contributed by atoms with van der Waals surface area (Å²) < 4.78 is 0.834. The summed E-state index contributed by atoms with van der Waals surface area (Å²) in [6, 6.07) is 0. The highest BCUT2D eigenvalue weighted by atomic mass is 16.1. The molecule has 4 heteroatoms. The number of amides is 1. The number of hydrogen-bond acceptors (Lipinski definition) is 2. The van der Waals surface area contributed by atoms with Crippen molar-refractivity contribution >= 4 is 11.7 Å². The van der Waals surface area contributed by atoms with Gasteiger partial charge in [0.1, 0.15) is 6.54 Å². The quantitative estimate of drug-likeness (QED) is 0.289. The van der Waals surface area contributed by atoms with Gasteiger partial charge in [-0.05, 0) is 32.6 Å². The number of allylic oxidation sites excluding steroid dienone is 2. The van der Waals surface area contributed by atoms with Crippen LogP contribution in [0.3, 0.4) is 0 Å². The molecule has 1 amide bonds. The number of rotatable bonds is 13. The number of unbranched alkanes of at least 4 members (excludes halogenated alkanes) is 6. The average Bonchev–Trinajstić information content (AvgIpc) is 3.00. The second kappa shape index (κ2) is 12.2. The average molecular weight is 351 g/mol. The molecule has 1 aliphatic rings. The summed E-state index contributed by atoms with van der Waals surface area (Å²) in [5.74, 6) is 1.32. The van der Waals surface area contributed by atoms with E-state index in [0.29, 0.717) is 0 Å². The van der Waals surface area contributed by atoms with Crippen molar-refractivity contribution in [3.63, 3.8) is 0 Å². The minimum atomic E-state index is 0.0478. The van der Waals surface area contributed by atoms with Crippen LogP contribution in [0.2, 0.25) is 0 Å². The van der Waals surface area contributed by atoms with Gasteiger partial charge < -0.3 is 5.32 Å². The number of carbonyl (C=O) groups excluding carboxylic acids is 1. The van der Waals surface area contributed by atoms with Gasteiger partial charge in [0.15, 0.2) is 12.0 Å². The van der Waals surface area contributed by atoms with Gasteiger partial charge in [-0.1, -0.05) is 44.8 Å². The van der Waals surface area contributed by atoms with Crippen LogP contribution in [0.1, 0.15) is 85.5 Å². The fourth-order valence-electron chi connectivity index (χ4n) is 3.86. The molecule has 0 spiro atoms. The predicted octanol–water partition coefficient (Wildman–Crippen LogP) is 4.80. The van der Waals surface area contributed by atoms with Crippen molar-refractivity contribution in [3.8, 4) is 0 Å². The number of nitrogens with zero attached hydrogens (tertiary/aromatic N) is 2. The highest BCUT2D eigenvalue weighted by Gasteiger charge is 2.41. The van der Waals surface area contributed by atoms with E-state index in [-0.39, 0.29) is 12.1 Å². The first-order valence-corrected chi connectivity index (χ1v) is 10.4. The Morgan fingerprint density at radius 3 is 2.48 bits per heavy atom. The molecule has 0 aromatic heterocycles. The number of carbonyl (C=O) groups is 1. The second-order valence-electron chi connectivity index (χ2n) is 7.31. The minimum Gasteiger partial charge on any atom is -0.307 e. The molecule has 0 aromatic rings. The van der Waals surface area contributed by atoms with Gasteiger partial charge in [-0.15, -0.1) is 0 Å². The van der Waals surface area contributed by atoms with Crippen LogP contribution in [0.5, 0.6) is 0 Å². The lowest BCUT2D eigenvalue weighted by atomic mass is 10.1. The van der Waals surface area contributed by atoms with Gasteiger partial charge in [-0.25, -0.2) is 4.99 Å². The van der Waals surface area contributed by atoms with Gasteiger partial charge in [0, 0.05) is 20.3 Å². The molecular weight excluding hydrogens is 310 g/mol. The Balaban J connectivity index is 2.32. The van der Waals surface area contributed by atoms with Crippen molar-refractivity contribution in [1.82, 2.24) is 5.32 Å². The normalized spacial score (nSPS) is 21.5. The van der Waals surface area contributed by atoms with E-state index in [1.54, 1.807) is 6.92 Å². The van der Waals surface area contributed by atoms with E-state index in [1.165, 1.54) is 44.4 Å². The van der Waals surface area contributed by atoms with Crippen molar-refractivity contribution in [1.29, 1.82) is 0 Å². The highest BCUT2D eigenvalue weighted by molar-refractivity contribution is 5.78. The lowest BCUT2D eigenvalue weighted by Gasteiger charge is -2.39. The van der Waals surface area contributed by atoms with E-state index < -0.39 is 0 Å². The molecule has 2 atom stereocenters. The molecule has 0 bridgehead atoms. The van der Waals surface area contributed by atoms with E-state index in [0.717, 1.165) is 43.4 Å². The maximum Gasteiger partial charge on any atom is 0.221 e. The van der Waals surface area contributed by atoms with Crippen molar-refractivity contribution < 1.29 is 9.28 Å². The third kappa shape index (κ3) is 7.31. The molecule has 144 valence electrons. The molecule has 0 aromatic carbocycles. The van der Waals surface area contributed by atoms with E-state index >= 15 is 0 Å². The summed E-state index contributed by atoms with van der Waals surface area (Å²) >= 11 is 0. The number of amidine groups is 1. The van der Waals surface area contributed by atoms with E-state index in [4.69, 9.17) is 4.99 Å². The Kier molecular flexibility index (Phi) is 10.7. The predicted molar refractivity (Wildman–Crippen MR) is 108 cm³/mol. The molecular formula is C21H40N3O+. The molecule has 4 nitrogen and oxygen atoms in total. The molecule has 0 fully saturated rings. The van der Waals surface area contributed by atoms with Crippen LogP contribution in [-0.2, 0) is 4.79 Å². The van der Waals surface area contributed by atoms with Crippen molar-refractivity contribution in [2.75, 3.05) is 19.6 Å². The SMILES string of the molecule is CCCCCCC/C=C/CCCC1=NCC[N+]1(CC)C(C)NC(C)=O. The van der Waals surface area contributed by atoms with Gasteiger partial charge in [-0.3, -0.25) is 9.28 Å². The summed E-state index contributed by atoms with van der Waals surface area (Å²) in [7, 11) is 0. The maximum absolute atomic E-state index is 11.4. The third-order valence-electron chi connectivity index (χ3n) is 5.44. The van der Waals surface area contributed by atoms with Gasteiger partial charge in [-0.2, -0.15) is 0 Å². The van der Waals surface area contributed by atoms with Crippen LogP contribution >= 0.6 is 0 Å². The number of aliphatic imine (C=N–C) groups is 1. The third-order valence-corrected chi connectivity index (χ3v) is 5.44. The van der Waals surface area contributed by atoms with Gasteiger partial charge >= 0.3 is 0 Å². The minimum absolute atomic E-state index is 0.0478. The molecule has 0 aliphatic carbocycles. The van der Waals surface area contributed by atoms with Gasteiger partial charge in [0.25, 0.3) is 0 Å². The summed E-state index contributed by atoms with van der Waals surface area (Å²) in [6.07, 6.45) is 16.1. The van der Waals surface area contributed by atoms with E-state index in [2.05, 4.69) is 38.2 Å². The summed E-state index contributed by atoms with van der Waals surface area (Å²) in [6.45, 7) is 11.1. The molecule has 1 rings (SSSR count). The standard InChI is InChI=1S/C21H39N3O/c1-5-7-8-9-10-11-12-13-14-15-16-21-22-17-18-24(21,6-2)19(3)23-20(4)25/h12-13,19H,5-11,14-18H2,1-4H3/p+1/b13-12+. The molecule has 0 saturated heterocycles. The first-order valence-electron chi connectivity index (χ1n) is 10.4. The monoisotopic (exact) mass is 350 g/mol. The molecule has 25 heavy (non-hydrogen) atoms. The van der Waals surface area contributed by atoms with Crippen LogP contribution in [0.4, 0.5) is 0 Å². The summed E-state index contributed by atoms with van der Waals surface area (Å²) in [5.41, 5.74) is 0. The van der Waals surface area contributed by atoms with Crippen LogP contribution in [0, 0.1) is 0 Å². The van der Waals surface area contributed by atoms with E-state index in [9.17, 15) is 4.79 Å². The van der Waals surface area contributed by atoms with Crippen LogP contribution in [0.15, 0.2) is 17.1 Å². The van der Waals surface area contributed by atoms with Crippen molar-refractivity contribution in [2.45, 2.75) is 91.6 Å². The Morgan fingerprint density at radius 2 is 1.84 bits per heavy atom.